The second kappa shape index (κ2) is 6.49. The molecule has 126 valence electrons. The van der Waals surface area contributed by atoms with Gasteiger partial charge < -0.3 is 15.5 Å². The number of hydrogen-bond donors (Lipinski definition) is 2. The number of piperidine rings is 3. The summed E-state index contributed by atoms with van der Waals surface area (Å²) in [4.78, 5) is 13.4. The predicted molar refractivity (Wildman–Crippen MR) is 80.9 cm³/mol. The normalized spacial score (nSPS) is 27.0. The predicted octanol–water partition coefficient (Wildman–Crippen LogP) is 2.37. The van der Waals surface area contributed by atoms with Gasteiger partial charge in [-0.1, -0.05) is 12.1 Å². The molecule has 3 saturated heterocycles. The van der Waals surface area contributed by atoms with Gasteiger partial charge in [-0.05, 0) is 49.5 Å². The lowest BCUT2D eigenvalue weighted by molar-refractivity contribution is -0.167. The van der Waals surface area contributed by atoms with E-state index in [1.165, 1.54) is 32.0 Å². The highest BCUT2D eigenvalue weighted by Gasteiger charge is 2.38. The number of carbonyl (C=O) groups is 1. The molecule has 4 rings (SSSR count). The Morgan fingerprint density at radius 3 is 2.61 bits per heavy atom. The highest BCUT2D eigenvalue weighted by molar-refractivity contribution is 5.94. The first kappa shape index (κ1) is 16.3. The zero-order valence-corrected chi connectivity index (χ0v) is 12.7. The number of amides is 1. The smallest absolute Gasteiger partial charge is 0.318 e. The van der Waals surface area contributed by atoms with Crippen LogP contribution in [0.2, 0.25) is 0 Å². The van der Waals surface area contributed by atoms with Gasteiger partial charge in [0, 0.05) is 24.8 Å². The van der Waals surface area contributed by atoms with Crippen molar-refractivity contribution in [3.63, 3.8) is 0 Å². The van der Waals surface area contributed by atoms with Gasteiger partial charge in [-0.3, -0.25) is 4.79 Å². The summed E-state index contributed by atoms with van der Waals surface area (Å²) in [7, 11) is 0. The van der Waals surface area contributed by atoms with Crippen molar-refractivity contribution in [2.75, 3.05) is 25.0 Å². The van der Waals surface area contributed by atoms with E-state index in [4.69, 9.17) is 0 Å². The minimum absolute atomic E-state index is 0.167. The van der Waals surface area contributed by atoms with Crippen LogP contribution in [0.25, 0.3) is 0 Å². The van der Waals surface area contributed by atoms with Gasteiger partial charge in [0.15, 0.2) is 0 Å². The number of halogens is 3. The van der Waals surface area contributed by atoms with Crippen LogP contribution in [0.15, 0.2) is 24.3 Å². The molecule has 0 radical (unpaired) electrons. The molecule has 3 aliphatic rings. The maximum absolute atomic E-state index is 12.3. The van der Waals surface area contributed by atoms with Crippen molar-refractivity contribution in [2.24, 2.45) is 5.92 Å². The molecule has 3 fully saturated rings. The molecule has 1 unspecified atom stereocenters. The molecule has 3 heterocycles. The molecule has 3 aliphatic heterocycles. The van der Waals surface area contributed by atoms with Gasteiger partial charge in [0.1, 0.15) is 0 Å². The number of hydrogen-bond acceptors (Lipinski definition) is 3. The maximum Gasteiger partial charge on any atom is 0.471 e. The minimum Gasteiger partial charge on any atom is -0.318 e. The minimum atomic E-state index is -4.87. The molecule has 1 aromatic rings. The molecule has 1 aromatic carbocycles. The fourth-order valence-corrected chi connectivity index (χ4v) is 3.41. The molecular formula is C16H20F3N3O. The molecule has 0 saturated carbocycles. The summed E-state index contributed by atoms with van der Waals surface area (Å²) in [5, 5.41) is 5.39. The summed E-state index contributed by atoms with van der Waals surface area (Å²) < 4.78 is 36.9. The lowest BCUT2D eigenvalue weighted by Gasteiger charge is -2.45. The van der Waals surface area contributed by atoms with E-state index >= 15 is 0 Å². The largest absolute Gasteiger partial charge is 0.471 e. The van der Waals surface area contributed by atoms with Gasteiger partial charge in [-0.2, -0.15) is 13.2 Å². The zero-order valence-electron chi connectivity index (χ0n) is 12.7. The van der Waals surface area contributed by atoms with Crippen LogP contribution in [0.1, 0.15) is 18.4 Å². The number of nitrogens with one attached hydrogen (secondary N) is 2. The first-order chi connectivity index (χ1) is 10.9. The average molecular weight is 327 g/mol. The molecular weight excluding hydrogens is 307 g/mol. The highest BCUT2D eigenvalue weighted by atomic mass is 19.4. The Morgan fingerprint density at radius 1 is 1.26 bits per heavy atom. The van der Waals surface area contributed by atoms with E-state index in [-0.39, 0.29) is 5.69 Å². The first-order valence-electron chi connectivity index (χ1n) is 7.84. The van der Waals surface area contributed by atoms with Crippen LogP contribution in [0.4, 0.5) is 18.9 Å². The summed E-state index contributed by atoms with van der Waals surface area (Å²) in [6, 6.07) is 6.97. The van der Waals surface area contributed by atoms with Gasteiger partial charge in [0.25, 0.3) is 0 Å². The Morgan fingerprint density at radius 2 is 2.00 bits per heavy atom. The van der Waals surface area contributed by atoms with Crippen molar-refractivity contribution in [2.45, 2.75) is 31.6 Å². The van der Waals surface area contributed by atoms with E-state index in [0.717, 1.165) is 12.1 Å². The zero-order chi connectivity index (χ0) is 16.4. The fraction of sp³-hybridized carbons (Fsp3) is 0.562. The summed E-state index contributed by atoms with van der Waals surface area (Å²) in [5.74, 6) is -1.26. The number of nitrogens with zero attached hydrogens (tertiary/aromatic N) is 1. The van der Waals surface area contributed by atoms with E-state index in [1.54, 1.807) is 12.1 Å². The van der Waals surface area contributed by atoms with Crippen molar-refractivity contribution in [1.29, 1.82) is 0 Å². The van der Waals surface area contributed by atoms with Crippen LogP contribution in [0, 0.1) is 5.92 Å². The molecule has 1 atom stereocenters. The number of benzene rings is 1. The molecule has 0 aromatic heterocycles. The third kappa shape index (κ3) is 4.03. The van der Waals surface area contributed by atoms with Crippen molar-refractivity contribution in [3.05, 3.63) is 29.8 Å². The standard InChI is InChI=1S/C16H20F3N3O/c17-16(18,19)15(23)21-13-3-1-2-11(8-13)9-20-14-10-22-6-4-12(14)5-7-22/h1-3,8,12,14,20H,4-7,9-10H2,(H,21,23). The molecule has 7 heteroatoms. The molecule has 2 bridgehead atoms. The number of rotatable bonds is 4. The Balaban J connectivity index is 1.56. The molecule has 1 amide bonds. The molecule has 23 heavy (non-hydrogen) atoms. The first-order valence-corrected chi connectivity index (χ1v) is 7.84. The van der Waals surface area contributed by atoms with Gasteiger partial charge in [0.05, 0.1) is 0 Å². The molecule has 0 spiro atoms. The van der Waals surface area contributed by atoms with Crippen LogP contribution in [0.3, 0.4) is 0 Å². The van der Waals surface area contributed by atoms with Crippen LogP contribution in [0.5, 0.6) is 0 Å². The topological polar surface area (TPSA) is 44.4 Å². The van der Waals surface area contributed by atoms with Crippen LogP contribution in [-0.2, 0) is 11.3 Å². The Hall–Kier alpha value is -1.60. The van der Waals surface area contributed by atoms with E-state index in [2.05, 4.69) is 10.2 Å². The summed E-state index contributed by atoms with van der Waals surface area (Å²) in [6.07, 6.45) is -2.46. The number of alkyl halides is 3. The van der Waals surface area contributed by atoms with Gasteiger partial charge >= 0.3 is 12.1 Å². The third-order valence-electron chi connectivity index (χ3n) is 4.67. The SMILES string of the molecule is O=C(Nc1cccc(CNC2CN3CCC2CC3)c1)C(F)(F)F. The van der Waals surface area contributed by atoms with Gasteiger partial charge in [-0.25, -0.2) is 0 Å². The third-order valence-corrected chi connectivity index (χ3v) is 4.67. The van der Waals surface area contributed by atoms with Crippen molar-refractivity contribution in [1.82, 2.24) is 10.2 Å². The van der Waals surface area contributed by atoms with E-state index in [0.29, 0.717) is 18.5 Å². The van der Waals surface area contributed by atoms with E-state index in [1.807, 2.05) is 11.4 Å². The second-order valence-electron chi connectivity index (χ2n) is 6.28. The van der Waals surface area contributed by atoms with E-state index < -0.39 is 12.1 Å². The average Bonchev–Trinajstić information content (AvgIpc) is 2.53. The number of fused-ring (bicyclic) bond motifs is 3. The Bertz CT molecular complexity index is 568. The molecule has 4 nitrogen and oxygen atoms in total. The summed E-state index contributed by atoms with van der Waals surface area (Å²) in [6.45, 7) is 3.96. The maximum atomic E-state index is 12.3. The highest BCUT2D eigenvalue weighted by Crippen LogP contribution is 2.27. The second-order valence-corrected chi connectivity index (χ2v) is 6.28. The van der Waals surface area contributed by atoms with E-state index in [9.17, 15) is 18.0 Å². The van der Waals surface area contributed by atoms with Crippen molar-refractivity contribution in [3.8, 4) is 0 Å². The summed E-state index contributed by atoms with van der Waals surface area (Å²) in [5.41, 5.74) is 1.03. The van der Waals surface area contributed by atoms with Crippen LogP contribution in [-0.4, -0.2) is 42.7 Å². The molecule has 2 N–H and O–H groups in total. The quantitative estimate of drug-likeness (QED) is 0.892. The van der Waals surface area contributed by atoms with Crippen molar-refractivity contribution < 1.29 is 18.0 Å². The Labute approximate surface area is 133 Å². The lowest BCUT2D eigenvalue weighted by Crippen LogP contribution is -2.55. The lowest BCUT2D eigenvalue weighted by atomic mass is 9.84. The van der Waals surface area contributed by atoms with Crippen molar-refractivity contribution >= 4 is 11.6 Å². The Kier molecular flexibility index (Phi) is 4.59. The van der Waals surface area contributed by atoms with Crippen LogP contribution >= 0.6 is 0 Å². The number of anilines is 1. The summed E-state index contributed by atoms with van der Waals surface area (Å²) >= 11 is 0. The molecule has 0 aliphatic carbocycles. The van der Waals surface area contributed by atoms with Crippen LogP contribution < -0.4 is 10.6 Å². The van der Waals surface area contributed by atoms with Gasteiger partial charge in [0.2, 0.25) is 0 Å². The monoisotopic (exact) mass is 327 g/mol. The fourth-order valence-electron chi connectivity index (χ4n) is 3.41. The number of carbonyl (C=O) groups excluding carboxylic acids is 1. The van der Waals surface area contributed by atoms with Gasteiger partial charge in [-0.15, -0.1) is 0 Å².